The summed E-state index contributed by atoms with van der Waals surface area (Å²) in [5.74, 6) is -0.376. The summed E-state index contributed by atoms with van der Waals surface area (Å²) >= 11 is 6.61. The van der Waals surface area contributed by atoms with Crippen LogP contribution in [0, 0.1) is 0 Å². The van der Waals surface area contributed by atoms with Crippen LogP contribution in [0.1, 0.15) is 10.4 Å². The van der Waals surface area contributed by atoms with Crippen molar-refractivity contribution < 1.29 is 19.0 Å². The van der Waals surface area contributed by atoms with Crippen LogP contribution in [-0.4, -0.2) is 39.5 Å². The molecule has 0 aliphatic carbocycles. The molecule has 0 saturated heterocycles. The standard InChI is InChI=1S/C12H14Br2O4/c1-16-4-5-17-6-7-18-12(15)10-8-9(13)2-3-11(10)14/h2-3,8H,4-7H2,1H3. The van der Waals surface area contributed by atoms with Crippen molar-refractivity contribution in [2.75, 3.05) is 33.5 Å². The minimum atomic E-state index is -0.376. The summed E-state index contributed by atoms with van der Waals surface area (Å²) in [5, 5.41) is 0. The van der Waals surface area contributed by atoms with Gasteiger partial charge < -0.3 is 14.2 Å². The highest BCUT2D eigenvalue weighted by Gasteiger charge is 2.11. The number of ether oxygens (including phenoxy) is 3. The molecule has 0 fully saturated rings. The van der Waals surface area contributed by atoms with Gasteiger partial charge in [0.1, 0.15) is 6.61 Å². The number of carbonyl (C=O) groups is 1. The van der Waals surface area contributed by atoms with Crippen molar-refractivity contribution in [1.29, 1.82) is 0 Å². The minimum Gasteiger partial charge on any atom is -0.460 e. The Hall–Kier alpha value is -0.430. The van der Waals surface area contributed by atoms with Crippen LogP contribution in [0.3, 0.4) is 0 Å². The number of carbonyl (C=O) groups excluding carboxylic acids is 1. The van der Waals surface area contributed by atoms with E-state index in [1.54, 1.807) is 19.2 Å². The van der Waals surface area contributed by atoms with Crippen LogP contribution in [0.25, 0.3) is 0 Å². The molecule has 6 heteroatoms. The van der Waals surface area contributed by atoms with Gasteiger partial charge in [0, 0.05) is 16.1 Å². The van der Waals surface area contributed by atoms with Crippen LogP contribution in [0.15, 0.2) is 27.1 Å². The maximum Gasteiger partial charge on any atom is 0.339 e. The molecule has 0 spiro atoms. The second kappa shape index (κ2) is 8.63. The number of benzene rings is 1. The van der Waals surface area contributed by atoms with Gasteiger partial charge >= 0.3 is 5.97 Å². The SMILES string of the molecule is COCCOCCOC(=O)c1cc(Br)ccc1Br. The van der Waals surface area contributed by atoms with Gasteiger partial charge in [0.2, 0.25) is 0 Å². The smallest absolute Gasteiger partial charge is 0.339 e. The van der Waals surface area contributed by atoms with E-state index in [9.17, 15) is 4.79 Å². The third kappa shape index (κ3) is 5.48. The quantitative estimate of drug-likeness (QED) is 0.538. The van der Waals surface area contributed by atoms with E-state index >= 15 is 0 Å². The van der Waals surface area contributed by atoms with E-state index in [1.165, 1.54) is 0 Å². The van der Waals surface area contributed by atoms with Gasteiger partial charge in [0.15, 0.2) is 0 Å². The number of esters is 1. The molecular formula is C12H14Br2O4. The fourth-order valence-corrected chi connectivity index (χ4v) is 1.94. The van der Waals surface area contributed by atoms with E-state index in [-0.39, 0.29) is 12.6 Å². The Morgan fingerprint density at radius 2 is 1.89 bits per heavy atom. The second-order valence-electron chi connectivity index (χ2n) is 3.37. The molecule has 0 amide bonds. The molecule has 1 rings (SSSR count). The largest absolute Gasteiger partial charge is 0.460 e. The number of hydrogen-bond acceptors (Lipinski definition) is 4. The molecule has 0 atom stereocenters. The molecule has 100 valence electrons. The normalized spacial score (nSPS) is 10.4. The van der Waals surface area contributed by atoms with E-state index in [4.69, 9.17) is 14.2 Å². The molecule has 0 aromatic heterocycles. The van der Waals surface area contributed by atoms with Crippen LogP contribution in [0.5, 0.6) is 0 Å². The molecule has 0 N–H and O–H groups in total. The fraction of sp³-hybridized carbons (Fsp3) is 0.417. The Bertz CT molecular complexity index is 396. The first-order chi connectivity index (χ1) is 8.65. The first kappa shape index (κ1) is 15.6. The predicted molar refractivity (Wildman–Crippen MR) is 74.8 cm³/mol. The van der Waals surface area contributed by atoms with E-state index in [0.717, 1.165) is 4.47 Å². The zero-order valence-corrected chi connectivity index (χ0v) is 13.1. The molecule has 0 bridgehead atoms. The number of halogens is 2. The summed E-state index contributed by atoms with van der Waals surface area (Å²) < 4.78 is 16.6. The molecule has 18 heavy (non-hydrogen) atoms. The Balaban J connectivity index is 2.34. The van der Waals surface area contributed by atoms with Crippen molar-refractivity contribution in [3.63, 3.8) is 0 Å². The summed E-state index contributed by atoms with van der Waals surface area (Å²) in [6.45, 7) is 1.61. The van der Waals surface area contributed by atoms with Crippen molar-refractivity contribution in [1.82, 2.24) is 0 Å². The lowest BCUT2D eigenvalue weighted by Crippen LogP contribution is -2.13. The molecule has 0 saturated carbocycles. The molecule has 0 aliphatic rings. The zero-order chi connectivity index (χ0) is 13.4. The van der Waals surface area contributed by atoms with Crippen molar-refractivity contribution in [2.45, 2.75) is 0 Å². The van der Waals surface area contributed by atoms with E-state index in [0.29, 0.717) is 29.9 Å². The summed E-state index contributed by atoms with van der Waals surface area (Å²) in [4.78, 5) is 11.8. The number of methoxy groups -OCH3 is 1. The predicted octanol–water partition coefficient (Wildman–Crippen LogP) is 3.03. The molecule has 0 aliphatic heterocycles. The highest BCUT2D eigenvalue weighted by atomic mass is 79.9. The lowest BCUT2D eigenvalue weighted by molar-refractivity contribution is 0.0213. The second-order valence-corrected chi connectivity index (χ2v) is 5.14. The summed E-state index contributed by atoms with van der Waals surface area (Å²) in [7, 11) is 1.61. The van der Waals surface area contributed by atoms with Gasteiger partial charge in [-0.2, -0.15) is 0 Å². The number of hydrogen-bond donors (Lipinski definition) is 0. The minimum absolute atomic E-state index is 0.224. The average Bonchev–Trinajstić information content (AvgIpc) is 2.36. The average molecular weight is 382 g/mol. The van der Waals surface area contributed by atoms with Gasteiger partial charge in [0.05, 0.1) is 25.4 Å². The maximum absolute atomic E-state index is 11.8. The van der Waals surface area contributed by atoms with Crippen molar-refractivity contribution >= 4 is 37.8 Å². The third-order valence-electron chi connectivity index (χ3n) is 2.04. The van der Waals surface area contributed by atoms with Gasteiger partial charge in [0.25, 0.3) is 0 Å². The Labute approximate surface area is 123 Å². The van der Waals surface area contributed by atoms with Crippen LogP contribution >= 0.6 is 31.9 Å². The van der Waals surface area contributed by atoms with Gasteiger partial charge in [-0.3, -0.25) is 0 Å². The monoisotopic (exact) mass is 380 g/mol. The molecule has 1 aromatic rings. The Morgan fingerprint density at radius 3 is 2.61 bits per heavy atom. The zero-order valence-electron chi connectivity index (χ0n) is 9.95. The first-order valence-corrected chi connectivity index (χ1v) is 6.92. The molecule has 0 unspecified atom stereocenters. The van der Waals surface area contributed by atoms with E-state index in [1.807, 2.05) is 6.07 Å². The fourth-order valence-electron chi connectivity index (χ4n) is 1.17. The third-order valence-corrected chi connectivity index (χ3v) is 3.23. The molecule has 4 nitrogen and oxygen atoms in total. The van der Waals surface area contributed by atoms with Crippen LogP contribution in [-0.2, 0) is 14.2 Å². The molecule has 0 heterocycles. The van der Waals surface area contributed by atoms with Gasteiger partial charge in [-0.15, -0.1) is 0 Å². The maximum atomic E-state index is 11.8. The lowest BCUT2D eigenvalue weighted by atomic mass is 10.2. The Kier molecular flexibility index (Phi) is 7.50. The van der Waals surface area contributed by atoms with Crippen molar-refractivity contribution in [3.8, 4) is 0 Å². The number of rotatable bonds is 7. The van der Waals surface area contributed by atoms with Crippen molar-refractivity contribution in [3.05, 3.63) is 32.7 Å². The summed E-state index contributed by atoms with van der Waals surface area (Å²) in [6.07, 6.45) is 0. The van der Waals surface area contributed by atoms with Crippen molar-refractivity contribution in [2.24, 2.45) is 0 Å². The lowest BCUT2D eigenvalue weighted by Gasteiger charge is -2.07. The Morgan fingerprint density at radius 1 is 1.17 bits per heavy atom. The summed E-state index contributed by atoms with van der Waals surface area (Å²) in [5.41, 5.74) is 0.487. The molecule has 1 aromatic carbocycles. The van der Waals surface area contributed by atoms with Crippen LogP contribution < -0.4 is 0 Å². The van der Waals surface area contributed by atoms with Crippen LogP contribution in [0.4, 0.5) is 0 Å². The summed E-state index contributed by atoms with van der Waals surface area (Å²) in [6, 6.07) is 5.34. The highest BCUT2D eigenvalue weighted by molar-refractivity contribution is 9.11. The van der Waals surface area contributed by atoms with E-state index < -0.39 is 0 Å². The highest BCUT2D eigenvalue weighted by Crippen LogP contribution is 2.22. The first-order valence-electron chi connectivity index (χ1n) is 5.34. The topological polar surface area (TPSA) is 44.8 Å². The van der Waals surface area contributed by atoms with Gasteiger partial charge in [-0.25, -0.2) is 4.79 Å². The van der Waals surface area contributed by atoms with Gasteiger partial charge in [-0.05, 0) is 34.1 Å². The molecule has 0 radical (unpaired) electrons. The molecular weight excluding hydrogens is 368 g/mol. The van der Waals surface area contributed by atoms with Gasteiger partial charge in [-0.1, -0.05) is 15.9 Å². The van der Waals surface area contributed by atoms with E-state index in [2.05, 4.69) is 31.9 Å². The van der Waals surface area contributed by atoms with Crippen LogP contribution in [0.2, 0.25) is 0 Å².